The Balaban J connectivity index is 1.62. The van der Waals surface area contributed by atoms with Crippen LogP contribution in [0.25, 0.3) is 0 Å². The van der Waals surface area contributed by atoms with Crippen molar-refractivity contribution in [2.75, 3.05) is 27.2 Å². The zero-order valence-electron chi connectivity index (χ0n) is 17.4. The summed E-state index contributed by atoms with van der Waals surface area (Å²) in [6.07, 6.45) is 0. The Morgan fingerprint density at radius 1 is 0.966 bits per heavy atom. The zero-order valence-corrected chi connectivity index (χ0v) is 17.4. The Morgan fingerprint density at radius 2 is 1.52 bits per heavy atom. The minimum atomic E-state index is -0.282. The van der Waals surface area contributed by atoms with Crippen LogP contribution in [0.2, 0.25) is 0 Å². The molecule has 2 aromatic rings. The second kappa shape index (κ2) is 8.17. The molecule has 29 heavy (non-hydrogen) atoms. The fourth-order valence-corrected chi connectivity index (χ4v) is 3.66. The van der Waals surface area contributed by atoms with Crippen molar-refractivity contribution in [2.45, 2.75) is 20.4 Å². The number of imide groups is 1. The molecule has 0 spiro atoms. The molecule has 0 unspecified atom stereocenters. The number of carbonyl (C=O) groups excluding carboxylic acids is 3. The van der Waals surface area contributed by atoms with Gasteiger partial charge in [0.2, 0.25) is 0 Å². The third-order valence-corrected chi connectivity index (χ3v) is 4.91. The number of hydrogen-bond donors (Lipinski definition) is 1. The second-order valence-electron chi connectivity index (χ2n) is 8.52. The highest BCUT2D eigenvalue weighted by molar-refractivity contribution is 6.21. The number of hydrogen-bond acceptors (Lipinski definition) is 4. The predicted molar refractivity (Wildman–Crippen MR) is 112 cm³/mol. The number of rotatable bonds is 7. The molecule has 6 heteroatoms. The van der Waals surface area contributed by atoms with Gasteiger partial charge in [-0.1, -0.05) is 38.1 Å². The molecule has 0 saturated heterocycles. The van der Waals surface area contributed by atoms with Crippen molar-refractivity contribution in [3.63, 3.8) is 0 Å². The van der Waals surface area contributed by atoms with Gasteiger partial charge in [0.25, 0.3) is 17.7 Å². The van der Waals surface area contributed by atoms with E-state index in [2.05, 4.69) is 24.1 Å². The maximum Gasteiger partial charge on any atom is 0.261 e. The lowest BCUT2D eigenvalue weighted by molar-refractivity contribution is 0.0641. The first-order valence-electron chi connectivity index (χ1n) is 9.65. The van der Waals surface area contributed by atoms with Crippen LogP contribution in [0.4, 0.5) is 0 Å². The van der Waals surface area contributed by atoms with Crippen molar-refractivity contribution in [3.8, 4) is 0 Å². The summed E-state index contributed by atoms with van der Waals surface area (Å²) in [6, 6.07) is 13.8. The molecule has 3 rings (SSSR count). The van der Waals surface area contributed by atoms with Crippen LogP contribution in [-0.2, 0) is 6.54 Å². The van der Waals surface area contributed by atoms with Gasteiger partial charge in [-0.25, -0.2) is 0 Å². The van der Waals surface area contributed by atoms with Crippen LogP contribution in [0.1, 0.15) is 50.5 Å². The third-order valence-electron chi connectivity index (χ3n) is 4.91. The standard InChI is InChI=1S/C23H27N3O3/c1-23(2,15-25(3)4)14-24-20(27)17-11-9-16(10-12-17)13-26-21(28)18-7-5-6-8-19(18)22(26)29/h5-12H,13-15H2,1-4H3,(H,24,27). The average molecular weight is 393 g/mol. The molecule has 152 valence electrons. The summed E-state index contributed by atoms with van der Waals surface area (Å²) >= 11 is 0. The summed E-state index contributed by atoms with van der Waals surface area (Å²) in [5, 5.41) is 2.98. The van der Waals surface area contributed by atoms with E-state index in [1.54, 1.807) is 48.5 Å². The zero-order chi connectivity index (χ0) is 21.2. The van der Waals surface area contributed by atoms with E-state index in [0.717, 1.165) is 12.1 Å². The van der Waals surface area contributed by atoms with Gasteiger partial charge in [-0.3, -0.25) is 19.3 Å². The molecular formula is C23H27N3O3. The first-order chi connectivity index (χ1) is 13.7. The largest absolute Gasteiger partial charge is 0.351 e. The van der Waals surface area contributed by atoms with Gasteiger partial charge >= 0.3 is 0 Å². The lowest BCUT2D eigenvalue weighted by Crippen LogP contribution is -2.39. The van der Waals surface area contributed by atoms with Gasteiger partial charge in [-0.05, 0) is 49.3 Å². The molecule has 0 atom stereocenters. The van der Waals surface area contributed by atoms with E-state index in [4.69, 9.17) is 0 Å². The van der Waals surface area contributed by atoms with Crippen molar-refractivity contribution >= 4 is 17.7 Å². The lowest BCUT2D eigenvalue weighted by atomic mass is 9.93. The molecule has 1 aliphatic rings. The third kappa shape index (κ3) is 4.71. The van der Waals surface area contributed by atoms with Crippen LogP contribution < -0.4 is 5.32 Å². The highest BCUT2D eigenvalue weighted by Crippen LogP contribution is 2.24. The highest BCUT2D eigenvalue weighted by Gasteiger charge is 2.34. The van der Waals surface area contributed by atoms with Crippen LogP contribution in [0.3, 0.4) is 0 Å². The normalized spacial score (nSPS) is 13.8. The van der Waals surface area contributed by atoms with Gasteiger partial charge in [0.15, 0.2) is 0 Å². The van der Waals surface area contributed by atoms with Gasteiger partial charge in [0, 0.05) is 18.7 Å². The molecular weight excluding hydrogens is 366 g/mol. The molecule has 1 N–H and O–H groups in total. The summed E-state index contributed by atoms with van der Waals surface area (Å²) in [5.74, 6) is -0.699. The van der Waals surface area contributed by atoms with Crippen molar-refractivity contribution in [3.05, 3.63) is 70.8 Å². The summed E-state index contributed by atoms with van der Waals surface area (Å²) in [4.78, 5) is 40.7. The Kier molecular flexibility index (Phi) is 5.84. The molecule has 0 aromatic heterocycles. The summed E-state index contributed by atoms with van der Waals surface area (Å²) in [6.45, 7) is 5.84. The molecule has 1 heterocycles. The molecule has 0 bridgehead atoms. The van der Waals surface area contributed by atoms with E-state index in [1.807, 2.05) is 14.1 Å². The number of carbonyl (C=O) groups is 3. The van der Waals surface area contributed by atoms with Gasteiger partial charge in [-0.2, -0.15) is 0 Å². The van der Waals surface area contributed by atoms with E-state index >= 15 is 0 Å². The van der Waals surface area contributed by atoms with Crippen LogP contribution >= 0.6 is 0 Å². The summed E-state index contributed by atoms with van der Waals surface area (Å²) in [7, 11) is 4.02. The number of nitrogens with zero attached hydrogens (tertiary/aromatic N) is 2. The maximum atomic E-state index is 12.5. The average Bonchev–Trinajstić information content (AvgIpc) is 2.91. The summed E-state index contributed by atoms with van der Waals surface area (Å²) in [5.41, 5.74) is 2.19. The van der Waals surface area contributed by atoms with Crippen molar-refractivity contribution in [1.82, 2.24) is 15.1 Å². The van der Waals surface area contributed by atoms with E-state index < -0.39 is 0 Å². The Hall–Kier alpha value is -2.99. The number of amides is 3. The first kappa shape index (κ1) is 20.7. The monoisotopic (exact) mass is 393 g/mol. The lowest BCUT2D eigenvalue weighted by Gasteiger charge is -2.28. The highest BCUT2D eigenvalue weighted by atomic mass is 16.2. The van der Waals surface area contributed by atoms with Crippen LogP contribution in [0.5, 0.6) is 0 Å². The van der Waals surface area contributed by atoms with Crippen LogP contribution in [-0.4, -0.2) is 54.7 Å². The van der Waals surface area contributed by atoms with Crippen LogP contribution in [0.15, 0.2) is 48.5 Å². The fourth-order valence-electron chi connectivity index (χ4n) is 3.66. The molecule has 3 amide bonds. The molecule has 6 nitrogen and oxygen atoms in total. The molecule has 2 aromatic carbocycles. The van der Waals surface area contributed by atoms with Gasteiger partial charge in [0.1, 0.15) is 0 Å². The van der Waals surface area contributed by atoms with Crippen molar-refractivity contribution in [1.29, 1.82) is 0 Å². The summed E-state index contributed by atoms with van der Waals surface area (Å²) < 4.78 is 0. The van der Waals surface area contributed by atoms with E-state index in [-0.39, 0.29) is 29.7 Å². The van der Waals surface area contributed by atoms with E-state index in [1.165, 1.54) is 4.90 Å². The minimum absolute atomic E-state index is 0.0371. The van der Waals surface area contributed by atoms with E-state index in [0.29, 0.717) is 23.2 Å². The van der Waals surface area contributed by atoms with Gasteiger partial charge < -0.3 is 10.2 Å². The minimum Gasteiger partial charge on any atom is -0.351 e. The smallest absolute Gasteiger partial charge is 0.261 e. The molecule has 0 fully saturated rings. The number of nitrogens with one attached hydrogen (secondary N) is 1. The number of benzene rings is 2. The SMILES string of the molecule is CN(C)CC(C)(C)CNC(=O)c1ccc(CN2C(=O)c3ccccc3C2=O)cc1. The molecule has 1 aliphatic heterocycles. The first-order valence-corrected chi connectivity index (χ1v) is 9.65. The Morgan fingerprint density at radius 3 is 2.03 bits per heavy atom. The van der Waals surface area contributed by atoms with Crippen molar-refractivity contribution in [2.24, 2.45) is 5.41 Å². The topological polar surface area (TPSA) is 69.7 Å². The predicted octanol–water partition coefficient (Wildman–Crippen LogP) is 2.80. The molecule has 0 saturated carbocycles. The maximum absolute atomic E-state index is 12.5. The molecule has 0 radical (unpaired) electrons. The van der Waals surface area contributed by atoms with Gasteiger partial charge in [0.05, 0.1) is 17.7 Å². The van der Waals surface area contributed by atoms with Gasteiger partial charge in [-0.15, -0.1) is 0 Å². The fraction of sp³-hybridized carbons (Fsp3) is 0.348. The van der Waals surface area contributed by atoms with Crippen molar-refractivity contribution < 1.29 is 14.4 Å². The quantitative estimate of drug-likeness (QED) is 0.735. The molecule has 0 aliphatic carbocycles. The van der Waals surface area contributed by atoms with Crippen LogP contribution in [0, 0.1) is 5.41 Å². The Labute approximate surface area is 171 Å². The second-order valence-corrected chi connectivity index (χ2v) is 8.52. The Bertz CT molecular complexity index is 898. The van der Waals surface area contributed by atoms with E-state index in [9.17, 15) is 14.4 Å². The number of fused-ring (bicyclic) bond motifs is 1.